The first-order valence-electron chi connectivity index (χ1n) is 14.0. The van der Waals surface area contributed by atoms with E-state index in [9.17, 15) is 19.8 Å². The van der Waals surface area contributed by atoms with Crippen molar-refractivity contribution in [1.29, 1.82) is 0 Å². The van der Waals surface area contributed by atoms with Crippen LogP contribution in [0.4, 0.5) is 0 Å². The predicted molar refractivity (Wildman–Crippen MR) is 131 cm³/mol. The van der Waals surface area contributed by atoms with Gasteiger partial charge in [0.15, 0.2) is 0 Å². The molecule has 0 aromatic heterocycles. The molecular weight excluding hydrogens is 460 g/mol. The summed E-state index contributed by atoms with van der Waals surface area (Å²) in [6, 6.07) is 0. The number of aliphatic hydroxyl groups is 2. The lowest BCUT2D eigenvalue weighted by atomic mass is 9.51. The Morgan fingerprint density at radius 1 is 1.03 bits per heavy atom. The Bertz CT molecular complexity index is 1020. The molecule has 2 saturated heterocycles. The number of esters is 2. The molecule has 10 atom stereocenters. The summed E-state index contributed by atoms with van der Waals surface area (Å²) in [6.45, 7) is 10.3. The average Bonchev–Trinajstić information content (AvgIpc) is 3.25. The van der Waals surface area contributed by atoms with Gasteiger partial charge in [0, 0.05) is 35.7 Å². The summed E-state index contributed by atoms with van der Waals surface area (Å²) < 4.78 is 18.2. The molecule has 200 valence electrons. The average molecular weight is 503 g/mol. The SMILES string of the molecule is CC1=CC[C@@H]([C@@H](C)[C@@H]2CC[C@]3(O)[C@@H]4CC[C@H]5C(C)(C)O[C@@H]6CC(=O)O[C@@]65C[C@@]4(O)CC[C@]23C)OC1=O. The van der Waals surface area contributed by atoms with Gasteiger partial charge in [0.05, 0.1) is 23.2 Å². The predicted octanol–water partition coefficient (Wildman–Crippen LogP) is 3.84. The molecule has 7 heteroatoms. The van der Waals surface area contributed by atoms with Gasteiger partial charge in [-0.1, -0.05) is 19.9 Å². The summed E-state index contributed by atoms with van der Waals surface area (Å²) in [6.07, 6.45) is 6.85. The van der Waals surface area contributed by atoms with Crippen molar-refractivity contribution < 1.29 is 34.0 Å². The van der Waals surface area contributed by atoms with Gasteiger partial charge in [-0.25, -0.2) is 4.79 Å². The van der Waals surface area contributed by atoms with Crippen LogP contribution in [0.3, 0.4) is 0 Å². The minimum atomic E-state index is -1.12. The van der Waals surface area contributed by atoms with Crippen LogP contribution in [0.5, 0.6) is 0 Å². The van der Waals surface area contributed by atoms with Crippen molar-refractivity contribution in [2.45, 2.75) is 127 Å². The van der Waals surface area contributed by atoms with Gasteiger partial charge in [-0.3, -0.25) is 4.79 Å². The molecular formula is C29H42O7. The summed E-state index contributed by atoms with van der Waals surface area (Å²) >= 11 is 0. The minimum Gasteiger partial charge on any atom is -0.458 e. The lowest BCUT2D eigenvalue weighted by Gasteiger charge is -2.58. The zero-order chi connectivity index (χ0) is 25.9. The smallest absolute Gasteiger partial charge is 0.333 e. The summed E-state index contributed by atoms with van der Waals surface area (Å²) in [5.74, 6) is -0.502. The van der Waals surface area contributed by atoms with Crippen molar-refractivity contribution in [2.75, 3.05) is 0 Å². The molecule has 5 fully saturated rings. The lowest BCUT2D eigenvalue weighted by Crippen LogP contribution is -2.64. The first kappa shape index (κ1) is 24.9. The third-order valence-electron chi connectivity index (χ3n) is 11.8. The summed E-state index contributed by atoms with van der Waals surface area (Å²) in [5, 5.41) is 24.8. The highest BCUT2D eigenvalue weighted by Crippen LogP contribution is 2.69. The molecule has 3 aliphatic heterocycles. The van der Waals surface area contributed by atoms with Crippen LogP contribution in [-0.4, -0.2) is 56.8 Å². The minimum absolute atomic E-state index is 0.0151. The number of hydrogen-bond donors (Lipinski definition) is 2. The molecule has 3 saturated carbocycles. The number of rotatable bonds is 2. The summed E-state index contributed by atoms with van der Waals surface area (Å²) in [5.41, 5.74) is -3.14. The van der Waals surface area contributed by atoms with Crippen LogP contribution in [0, 0.1) is 29.1 Å². The fraction of sp³-hybridized carbons (Fsp3) is 0.862. The first-order chi connectivity index (χ1) is 16.8. The standard InChI is InChI=1S/C29H42O7/c1-16-6-7-19(34-24(16)31)17(2)18-10-11-29(33)21-9-8-20-25(3,4)35-22-14-23(30)36-28(20,22)15-27(21,32)13-12-26(18,29)5/h6,17-22,32-33H,7-15H2,1-5H3/t17-,18-,19-,20-,21+,22+,26+,27-,28+,29-/m0/s1. The number of cyclic esters (lactones) is 1. The zero-order valence-electron chi connectivity index (χ0n) is 22.3. The maximum Gasteiger partial charge on any atom is 0.333 e. The van der Waals surface area contributed by atoms with E-state index in [4.69, 9.17) is 14.2 Å². The highest BCUT2D eigenvalue weighted by molar-refractivity contribution is 5.88. The van der Waals surface area contributed by atoms with E-state index in [2.05, 4.69) is 27.7 Å². The molecule has 6 aliphatic rings. The van der Waals surface area contributed by atoms with E-state index in [0.29, 0.717) is 44.1 Å². The maximum absolute atomic E-state index is 12.5. The van der Waals surface area contributed by atoms with Gasteiger partial charge in [0.25, 0.3) is 0 Å². The highest BCUT2D eigenvalue weighted by Gasteiger charge is 2.74. The fourth-order valence-electron chi connectivity index (χ4n) is 9.96. The number of carbonyl (C=O) groups is 2. The Labute approximate surface area is 213 Å². The number of fused-ring (bicyclic) bond motifs is 3. The van der Waals surface area contributed by atoms with Crippen molar-refractivity contribution in [3.05, 3.63) is 11.6 Å². The molecule has 1 spiro atoms. The van der Waals surface area contributed by atoms with Crippen LogP contribution in [0.2, 0.25) is 0 Å². The maximum atomic E-state index is 12.5. The second kappa shape index (κ2) is 7.57. The van der Waals surface area contributed by atoms with Crippen LogP contribution in [-0.2, 0) is 23.8 Å². The summed E-state index contributed by atoms with van der Waals surface area (Å²) in [7, 11) is 0. The molecule has 7 nitrogen and oxygen atoms in total. The Balaban J connectivity index is 1.32. The zero-order valence-corrected chi connectivity index (χ0v) is 22.3. The second-order valence-corrected chi connectivity index (χ2v) is 13.7. The third kappa shape index (κ3) is 3.08. The van der Waals surface area contributed by atoms with Gasteiger partial charge in [-0.15, -0.1) is 0 Å². The quantitative estimate of drug-likeness (QED) is 0.553. The van der Waals surface area contributed by atoms with Crippen LogP contribution >= 0.6 is 0 Å². The molecule has 3 heterocycles. The fourth-order valence-corrected chi connectivity index (χ4v) is 9.96. The van der Waals surface area contributed by atoms with Gasteiger partial charge in [0.1, 0.15) is 17.8 Å². The molecule has 0 aromatic rings. The number of ether oxygens (including phenoxy) is 3. The first-order valence-corrected chi connectivity index (χ1v) is 14.0. The van der Waals surface area contributed by atoms with Crippen LogP contribution in [0.25, 0.3) is 0 Å². The van der Waals surface area contributed by atoms with Crippen LogP contribution < -0.4 is 0 Å². The Hall–Kier alpha value is -1.44. The monoisotopic (exact) mass is 502 g/mol. The molecule has 0 bridgehead atoms. The summed E-state index contributed by atoms with van der Waals surface area (Å²) in [4.78, 5) is 24.7. The van der Waals surface area contributed by atoms with E-state index in [1.807, 2.05) is 6.08 Å². The van der Waals surface area contributed by atoms with Crippen molar-refractivity contribution in [3.63, 3.8) is 0 Å². The van der Waals surface area contributed by atoms with E-state index >= 15 is 0 Å². The van der Waals surface area contributed by atoms with E-state index in [-0.39, 0.29) is 59.7 Å². The van der Waals surface area contributed by atoms with Crippen LogP contribution in [0.15, 0.2) is 11.6 Å². The van der Waals surface area contributed by atoms with E-state index in [1.54, 1.807) is 6.92 Å². The lowest BCUT2D eigenvalue weighted by molar-refractivity contribution is -0.232. The molecule has 0 unspecified atom stereocenters. The molecule has 3 aliphatic carbocycles. The van der Waals surface area contributed by atoms with Crippen molar-refractivity contribution in [1.82, 2.24) is 0 Å². The largest absolute Gasteiger partial charge is 0.458 e. The van der Waals surface area contributed by atoms with Gasteiger partial charge >= 0.3 is 11.9 Å². The van der Waals surface area contributed by atoms with E-state index in [0.717, 1.165) is 12.8 Å². The molecule has 0 amide bonds. The van der Waals surface area contributed by atoms with Crippen LogP contribution in [0.1, 0.15) is 92.4 Å². The van der Waals surface area contributed by atoms with E-state index in [1.165, 1.54) is 0 Å². The van der Waals surface area contributed by atoms with Crippen molar-refractivity contribution in [3.8, 4) is 0 Å². The molecule has 36 heavy (non-hydrogen) atoms. The topological polar surface area (TPSA) is 102 Å². The molecule has 2 N–H and O–H groups in total. The van der Waals surface area contributed by atoms with E-state index < -0.39 is 22.4 Å². The molecule has 6 rings (SSSR count). The Morgan fingerprint density at radius 2 is 1.75 bits per heavy atom. The Morgan fingerprint density at radius 3 is 2.47 bits per heavy atom. The van der Waals surface area contributed by atoms with Gasteiger partial charge in [0.2, 0.25) is 0 Å². The van der Waals surface area contributed by atoms with Crippen molar-refractivity contribution >= 4 is 11.9 Å². The number of carbonyl (C=O) groups excluding carboxylic acids is 2. The van der Waals surface area contributed by atoms with Gasteiger partial charge < -0.3 is 24.4 Å². The number of hydrogen-bond acceptors (Lipinski definition) is 7. The molecule has 0 radical (unpaired) electrons. The van der Waals surface area contributed by atoms with Gasteiger partial charge in [-0.2, -0.15) is 0 Å². The molecule has 0 aromatic carbocycles. The van der Waals surface area contributed by atoms with Gasteiger partial charge in [-0.05, 0) is 71.1 Å². The normalized spacial score (nSPS) is 52.2. The third-order valence-corrected chi connectivity index (χ3v) is 11.8. The Kier molecular flexibility index (Phi) is 5.23. The van der Waals surface area contributed by atoms with Crippen molar-refractivity contribution in [2.24, 2.45) is 29.1 Å². The second-order valence-electron chi connectivity index (χ2n) is 13.7. The highest BCUT2D eigenvalue weighted by atomic mass is 16.6.